The van der Waals surface area contributed by atoms with Crippen molar-refractivity contribution < 1.29 is 4.79 Å². The Hall–Kier alpha value is -3.21. The number of aromatic nitrogens is 4. The number of carbonyl (C=O) groups excluding carboxylic acids is 1. The highest BCUT2D eigenvalue weighted by atomic mass is 16.1. The average Bonchev–Trinajstić information content (AvgIpc) is 3.24. The smallest absolute Gasteiger partial charge is 0.150 e. The zero-order valence-electron chi connectivity index (χ0n) is 11.6. The van der Waals surface area contributed by atoms with E-state index in [1.54, 1.807) is 18.6 Å². The number of carbonyl (C=O) groups is 1. The van der Waals surface area contributed by atoms with Crippen LogP contribution in [0.4, 0.5) is 0 Å². The number of aldehydes is 1. The lowest BCUT2D eigenvalue weighted by Crippen LogP contribution is -1.92. The van der Waals surface area contributed by atoms with E-state index in [0.29, 0.717) is 5.56 Å². The van der Waals surface area contributed by atoms with E-state index in [1.807, 2.05) is 47.2 Å². The summed E-state index contributed by atoms with van der Waals surface area (Å²) < 4.78 is 1.97. The Balaban J connectivity index is 1.80. The van der Waals surface area contributed by atoms with Gasteiger partial charge in [0.15, 0.2) is 0 Å². The number of H-pyrrole nitrogens is 1. The third kappa shape index (κ3) is 2.00. The lowest BCUT2D eigenvalue weighted by Gasteiger charge is -2.06. The maximum absolute atomic E-state index is 11.0. The van der Waals surface area contributed by atoms with Gasteiger partial charge in [0.1, 0.15) is 12.6 Å². The molecule has 0 amide bonds. The summed E-state index contributed by atoms with van der Waals surface area (Å²) in [5.74, 6) is 0. The largest absolute Gasteiger partial charge is 0.299 e. The molecule has 2 aromatic carbocycles. The first-order valence-electron chi connectivity index (χ1n) is 6.87. The van der Waals surface area contributed by atoms with Crippen molar-refractivity contribution >= 4 is 17.3 Å². The molecule has 0 saturated heterocycles. The minimum atomic E-state index is 0.643. The lowest BCUT2D eigenvalue weighted by atomic mass is 10.1. The lowest BCUT2D eigenvalue weighted by molar-refractivity contribution is 0.112. The van der Waals surface area contributed by atoms with Crippen molar-refractivity contribution in [2.45, 2.75) is 0 Å². The molecule has 4 rings (SSSR count). The maximum atomic E-state index is 11.0. The molecule has 0 saturated carbocycles. The first-order valence-corrected chi connectivity index (χ1v) is 6.87. The Morgan fingerprint density at radius 3 is 2.64 bits per heavy atom. The molecule has 5 nitrogen and oxygen atoms in total. The number of fused-ring (bicyclic) bond motifs is 1. The van der Waals surface area contributed by atoms with E-state index < -0.39 is 0 Å². The molecule has 0 bridgehead atoms. The SMILES string of the molecule is O=Cc1ccc2ncn(-c3ccc(-c4cn[nH]c4)cc3)c2c1. The minimum absolute atomic E-state index is 0.643. The van der Waals surface area contributed by atoms with Crippen molar-refractivity contribution in [2.75, 3.05) is 0 Å². The number of hydrogen-bond acceptors (Lipinski definition) is 3. The third-order valence-corrected chi connectivity index (χ3v) is 3.68. The number of nitrogens with zero attached hydrogens (tertiary/aromatic N) is 3. The quantitative estimate of drug-likeness (QED) is 0.589. The van der Waals surface area contributed by atoms with Crippen LogP contribution in [0.25, 0.3) is 27.8 Å². The molecule has 0 spiro atoms. The second-order valence-corrected chi connectivity index (χ2v) is 5.01. The van der Waals surface area contributed by atoms with E-state index in [2.05, 4.69) is 15.2 Å². The summed E-state index contributed by atoms with van der Waals surface area (Å²) in [7, 11) is 0. The molecule has 0 fully saturated rings. The van der Waals surface area contributed by atoms with Crippen LogP contribution < -0.4 is 0 Å². The Kier molecular flexibility index (Phi) is 2.83. The molecule has 5 heteroatoms. The van der Waals surface area contributed by atoms with Gasteiger partial charge in [-0.2, -0.15) is 5.10 Å². The highest BCUT2D eigenvalue weighted by Gasteiger charge is 2.06. The Bertz CT molecular complexity index is 937. The van der Waals surface area contributed by atoms with E-state index in [0.717, 1.165) is 34.1 Å². The standard InChI is InChI=1S/C17H12N4O/c22-10-12-1-6-16-17(7-12)21(11-18-16)15-4-2-13(3-5-15)14-8-19-20-9-14/h1-11H,(H,19,20). The van der Waals surface area contributed by atoms with Crippen LogP contribution in [0.2, 0.25) is 0 Å². The van der Waals surface area contributed by atoms with Crippen LogP contribution in [-0.2, 0) is 0 Å². The van der Waals surface area contributed by atoms with Gasteiger partial charge in [-0.15, -0.1) is 0 Å². The fourth-order valence-corrected chi connectivity index (χ4v) is 2.53. The minimum Gasteiger partial charge on any atom is -0.299 e. The monoisotopic (exact) mass is 288 g/mol. The number of nitrogens with one attached hydrogen (secondary N) is 1. The molecule has 0 atom stereocenters. The fourth-order valence-electron chi connectivity index (χ4n) is 2.53. The third-order valence-electron chi connectivity index (χ3n) is 3.68. The number of rotatable bonds is 3. The topological polar surface area (TPSA) is 63.6 Å². The molecule has 0 radical (unpaired) electrons. The van der Waals surface area contributed by atoms with E-state index in [1.165, 1.54) is 0 Å². The number of aromatic amines is 1. The zero-order chi connectivity index (χ0) is 14.9. The summed E-state index contributed by atoms with van der Waals surface area (Å²) in [4.78, 5) is 15.3. The van der Waals surface area contributed by atoms with Gasteiger partial charge in [0, 0.05) is 23.0 Å². The van der Waals surface area contributed by atoms with Crippen LogP contribution in [0.3, 0.4) is 0 Å². The number of hydrogen-bond donors (Lipinski definition) is 1. The molecular weight excluding hydrogens is 276 g/mol. The van der Waals surface area contributed by atoms with Crippen LogP contribution in [-0.4, -0.2) is 26.0 Å². The summed E-state index contributed by atoms with van der Waals surface area (Å²) in [5.41, 5.74) is 5.56. The summed E-state index contributed by atoms with van der Waals surface area (Å²) in [6.07, 6.45) is 6.26. The molecule has 0 aliphatic carbocycles. The van der Waals surface area contributed by atoms with Crippen LogP contribution in [0.1, 0.15) is 10.4 Å². The zero-order valence-corrected chi connectivity index (χ0v) is 11.6. The van der Waals surface area contributed by atoms with E-state index in [-0.39, 0.29) is 0 Å². The van der Waals surface area contributed by atoms with Gasteiger partial charge in [-0.05, 0) is 35.9 Å². The Labute approximate surface area is 126 Å². The van der Waals surface area contributed by atoms with Crippen molar-refractivity contribution in [3.05, 3.63) is 66.7 Å². The number of benzene rings is 2. The highest BCUT2D eigenvalue weighted by molar-refractivity contribution is 5.86. The second-order valence-electron chi connectivity index (χ2n) is 5.01. The fraction of sp³-hybridized carbons (Fsp3) is 0. The first-order chi connectivity index (χ1) is 10.8. The van der Waals surface area contributed by atoms with Crippen molar-refractivity contribution in [1.29, 1.82) is 0 Å². The number of imidazole rings is 1. The van der Waals surface area contributed by atoms with Crippen LogP contribution >= 0.6 is 0 Å². The average molecular weight is 288 g/mol. The van der Waals surface area contributed by atoms with Crippen molar-refractivity contribution in [1.82, 2.24) is 19.7 Å². The van der Waals surface area contributed by atoms with Gasteiger partial charge in [0.25, 0.3) is 0 Å². The van der Waals surface area contributed by atoms with Gasteiger partial charge < -0.3 is 0 Å². The van der Waals surface area contributed by atoms with Crippen molar-refractivity contribution in [3.8, 4) is 16.8 Å². The van der Waals surface area contributed by atoms with Crippen LogP contribution in [0, 0.1) is 0 Å². The predicted octanol–water partition coefficient (Wildman–Crippen LogP) is 3.23. The Morgan fingerprint density at radius 2 is 1.91 bits per heavy atom. The van der Waals surface area contributed by atoms with Gasteiger partial charge in [-0.25, -0.2) is 4.98 Å². The molecule has 0 aliphatic rings. The van der Waals surface area contributed by atoms with Crippen LogP contribution in [0.5, 0.6) is 0 Å². The normalized spacial score (nSPS) is 10.9. The molecule has 2 heterocycles. The van der Waals surface area contributed by atoms with Crippen molar-refractivity contribution in [3.63, 3.8) is 0 Å². The van der Waals surface area contributed by atoms with E-state index >= 15 is 0 Å². The van der Waals surface area contributed by atoms with Gasteiger partial charge in [-0.3, -0.25) is 14.5 Å². The molecule has 106 valence electrons. The van der Waals surface area contributed by atoms with E-state index in [4.69, 9.17) is 0 Å². The maximum Gasteiger partial charge on any atom is 0.150 e. The first kappa shape index (κ1) is 12.5. The molecule has 4 aromatic rings. The van der Waals surface area contributed by atoms with Gasteiger partial charge >= 0.3 is 0 Å². The Morgan fingerprint density at radius 1 is 1.05 bits per heavy atom. The molecule has 2 aromatic heterocycles. The van der Waals surface area contributed by atoms with Crippen molar-refractivity contribution in [2.24, 2.45) is 0 Å². The van der Waals surface area contributed by atoms with E-state index in [9.17, 15) is 4.79 Å². The van der Waals surface area contributed by atoms with Gasteiger partial charge in [0.2, 0.25) is 0 Å². The van der Waals surface area contributed by atoms with Gasteiger partial charge in [-0.1, -0.05) is 12.1 Å². The molecule has 0 unspecified atom stereocenters. The summed E-state index contributed by atoms with van der Waals surface area (Å²) in [6, 6.07) is 13.6. The molecule has 1 N–H and O–H groups in total. The summed E-state index contributed by atoms with van der Waals surface area (Å²) in [6.45, 7) is 0. The van der Waals surface area contributed by atoms with Gasteiger partial charge in [0.05, 0.1) is 17.2 Å². The summed E-state index contributed by atoms with van der Waals surface area (Å²) >= 11 is 0. The second kappa shape index (κ2) is 4.96. The summed E-state index contributed by atoms with van der Waals surface area (Å²) in [5, 5.41) is 6.77. The molecule has 22 heavy (non-hydrogen) atoms. The molecule has 0 aliphatic heterocycles. The van der Waals surface area contributed by atoms with Crippen LogP contribution in [0.15, 0.2) is 61.2 Å². The predicted molar refractivity (Wildman–Crippen MR) is 84.0 cm³/mol. The molecular formula is C17H12N4O. The highest BCUT2D eigenvalue weighted by Crippen LogP contribution is 2.23.